The summed E-state index contributed by atoms with van der Waals surface area (Å²) >= 11 is 0. The highest BCUT2D eigenvalue weighted by Crippen LogP contribution is 2.45. The first-order valence-electron chi connectivity index (χ1n) is 40.3. The van der Waals surface area contributed by atoms with Crippen molar-refractivity contribution < 1.29 is 80.2 Å². The third kappa shape index (κ3) is 70.5. The summed E-state index contributed by atoms with van der Waals surface area (Å²) in [5.74, 6) is -2.11. The van der Waals surface area contributed by atoms with Gasteiger partial charge >= 0.3 is 39.5 Å². The number of aliphatic hydroxyl groups excluding tert-OH is 1. The maximum absolute atomic E-state index is 13.1. The van der Waals surface area contributed by atoms with E-state index < -0.39 is 97.5 Å². The van der Waals surface area contributed by atoms with Gasteiger partial charge in [0.05, 0.1) is 26.4 Å². The number of aliphatic hydroxyl groups is 1. The van der Waals surface area contributed by atoms with Gasteiger partial charge in [0.15, 0.2) is 12.2 Å². The van der Waals surface area contributed by atoms with Crippen LogP contribution in [0.1, 0.15) is 413 Å². The summed E-state index contributed by atoms with van der Waals surface area (Å²) in [6.45, 7) is 4.96. The summed E-state index contributed by atoms with van der Waals surface area (Å²) in [6.07, 6.45) is 62.6. The van der Waals surface area contributed by atoms with E-state index in [0.29, 0.717) is 25.7 Å². The fourth-order valence-electron chi connectivity index (χ4n) is 11.9. The van der Waals surface area contributed by atoms with Crippen molar-refractivity contribution in [3.63, 3.8) is 0 Å². The average molecular weight is 1410 g/mol. The summed E-state index contributed by atoms with van der Waals surface area (Å²) in [7, 11) is -9.90. The van der Waals surface area contributed by atoms with Crippen LogP contribution in [0.4, 0.5) is 0 Å². The van der Waals surface area contributed by atoms with Crippen LogP contribution in [0.5, 0.6) is 0 Å². The van der Waals surface area contributed by atoms with Gasteiger partial charge in [0.1, 0.15) is 19.3 Å². The van der Waals surface area contributed by atoms with Gasteiger partial charge in [-0.15, -0.1) is 0 Å². The van der Waals surface area contributed by atoms with Crippen molar-refractivity contribution in [3.05, 3.63) is 0 Å². The van der Waals surface area contributed by atoms with Crippen molar-refractivity contribution in [1.29, 1.82) is 0 Å². The number of carbonyl (C=O) groups excluding carboxylic acids is 4. The van der Waals surface area contributed by atoms with Gasteiger partial charge in [-0.05, 0) is 25.7 Å². The Bertz CT molecular complexity index is 1830. The van der Waals surface area contributed by atoms with E-state index in [9.17, 15) is 43.2 Å². The lowest BCUT2D eigenvalue weighted by molar-refractivity contribution is -0.161. The van der Waals surface area contributed by atoms with Gasteiger partial charge in [-0.1, -0.05) is 362 Å². The van der Waals surface area contributed by atoms with Gasteiger partial charge in [-0.25, -0.2) is 9.13 Å². The first kappa shape index (κ1) is 94.1. The number of hydrogen-bond donors (Lipinski definition) is 3. The number of esters is 4. The molecule has 0 spiro atoms. The Balaban J connectivity index is 5.16. The predicted octanol–water partition coefficient (Wildman–Crippen LogP) is 23.0. The molecule has 0 aromatic rings. The third-order valence-electron chi connectivity index (χ3n) is 18.1. The molecule has 3 N–H and O–H groups in total. The van der Waals surface area contributed by atoms with E-state index in [0.717, 1.165) is 89.9 Å². The Labute approximate surface area is 588 Å². The molecular formula is C77H150O17P2. The first-order valence-corrected chi connectivity index (χ1v) is 43.3. The normalized spacial score (nSPS) is 13.9. The third-order valence-corrected chi connectivity index (χ3v) is 20.0. The molecule has 0 aromatic heterocycles. The fraction of sp³-hybridized carbons (Fsp3) is 0.948. The molecule has 0 amide bonds. The van der Waals surface area contributed by atoms with E-state index in [4.69, 9.17) is 37.0 Å². The molecule has 0 heterocycles. The Kier molecular flexibility index (Phi) is 70.0. The number of ether oxygens (including phenoxy) is 4. The molecule has 2 unspecified atom stereocenters. The van der Waals surface area contributed by atoms with Crippen LogP contribution in [0.15, 0.2) is 0 Å². The summed E-state index contributed by atoms with van der Waals surface area (Å²) in [5, 5.41) is 10.6. The van der Waals surface area contributed by atoms with E-state index in [1.54, 1.807) is 0 Å². The zero-order valence-corrected chi connectivity index (χ0v) is 64.1. The molecule has 0 aromatic carbocycles. The minimum atomic E-state index is -4.96. The van der Waals surface area contributed by atoms with Crippen molar-refractivity contribution in [2.75, 3.05) is 39.6 Å². The van der Waals surface area contributed by atoms with Gasteiger partial charge in [0.25, 0.3) is 0 Å². The van der Waals surface area contributed by atoms with E-state index in [1.807, 2.05) is 0 Å². The molecule has 0 rings (SSSR count). The number of hydrogen-bond acceptors (Lipinski definition) is 15. The maximum atomic E-state index is 13.1. The van der Waals surface area contributed by atoms with Crippen LogP contribution in [0.3, 0.4) is 0 Å². The van der Waals surface area contributed by atoms with Crippen LogP contribution in [0, 0.1) is 0 Å². The molecule has 0 aliphatic rings. The number of phosphoric ester groups is 2. The van der Waals surface area contributed by atoms with Crippen molar-refractivity contribution in [2.24, 2.45) is 0 Å². The standard InChI is InChI=1S/C77H150O17P2/c1-5-9-13-17-21-25-27-29-31-33-34-35-36-38-40-42-44-48-52-56-60-64-77(82)94-73(68-88-75(80)62-58-54-50-47-43-41-39-37-32-30-28-26-22-18-14-10-6-2)70-92-96(85,86)90-66-71(78)65-89-95(83,84)91-69-72(93-76(81)63-59-55-51-46-24-20-16-12-8-4)67-87-74(79)61-57-53-49-45-23-19-15-11-7-3/h71-73,78H,5-70H2,1-4H3,(H,83,84)(H,85,86)/t71-,72+,73+/m0/s1. The van der Waals surface area contributed by atoms with Crippen LogP contribution in [-0.2, 0) is 65.4 Å². The Morgan fingerprint density at radius 3 is 0.615 bits per heavy atom. The molecule has 5 atom stereocenters. The second-order valence-electron chi connectivity index (χ2n) is 27.7. The Morgan fingerprint density at radius 2 is 0.417 bits per heavy atom. The average Bonchev–Trinajstić information content (AvgIpc) is 1.12. The predicted molar refractivity (Wildman–Crippen MR) is 391 cm³/mol. The number of phosphoric acid groups is 2. The van der Waals surface area contributed by atoms with Crippen LogP contribution in [0.25, 0.3) is 0 Å². The largest absolute Gasteiger partial charge is 0.472 e. The lowest BCUT2D eigenvalue weighted by atomic mass is 10.0. The van der Waals surface area contributed by atoms with Crippen molar-refractivity contribution in [2.45, 2.75) is 431 Å². The van der Waals surface area contributed by atoms with Crippen LogP contribution < -0.4 is 0 Å². The molecule has 570 valence electrons. The number of carbonyl (C=O) groups is 4. The molecule has 19 heteroatoms. The summed E-state index contributed by atoms with van der Waals surface area (Å²) in [6, 6.07) is 0. The molecule has 17 nitrogen and oxygen atoms in total. The molecule has 0 radical (unpaired) electrons. The summed E-state index contributed by atoms with van der Waals surface area (Å²) in [5.41, 5.74) is 0. The highest BCUT2D eigenvalue weighted by molar-refractivity contribution is 7.47. The SMILES string of the molecule is CCCCCCCCCCCCCCCCCCCCCCCC(=O)O[C@H](COC(=O)CCCCCCCCCCCCCCCCCCC)COP(=O)(O)OC[C@@H](O)COP(=O)(O)OC[C@@H](COC(=O)CCCCCCCCCCC)OC(=O)CCCCCCCCCCC. The van der Waals surface area contributed by atoms with Gasteiger partial charge in [0.2, 0.25) is 0 Å². The molecular weight excluding hydrogens is 1260 g/mol. The fourth-order valence-corrected chi connectivity index (χ4v) is 13.5. The summed E-state index contributed by atoms with van der Waals surface area (Å²) in [4.78, 5) is 72.7. The van der Waals surface area contributed by atoms with E-state index >= 15 is 0 Å². The van der Waals surface area contributed by atoms with Crippen molar-refractivity contribution in [3.8, 4) is 0 Å². The molecule has 0 aliphatic carbocycles. The van der Waals surface area contributed by atoms with E-state index in [2.05, 4.69) is 27.7 Å². The molecule has 0 fully saturated rings. The minimum absolute atomic E-state index is 0.106. The smallest absolute Gasteiger partial charge is 0.462 e. The topological polar surface area (TPSA) is 237 Å². The van der Waals surface area contributed by atoms with Gasteiger partial charge in [-0.2, -0.15) is 0 Å². The van der Waals surface area contributed by atoms with Gasteiger partial charge in [0, 0.05) is 25.7 Å². The highest BCUT2D eigenvalue weighted by atomic mass is 31.2. The molecule has 0 saturated heterocycles. The van der Waals surface area contributed by atoms with Crippen LogP contribution in [-0.4, -0.2) is 96.7 Å². The molecule has 0 bridgehead atoms. The van der Waals surface area contributed by atoms with Crippen molar-refractivity contribution >= 4 is 39.5 Å². The molecule has 0 aliphatic heterocycles. The van der Waals surface area contributed by atoms with E-state index in [-0.39, 0.29) is 25.7 Å². The van der Waals surface area contributed by atoms with Crippen LogP contribution >= 0.6 is 15.6 Å². The number of rotatable bonds is 78. The minimum Gasteiger partial charge on any atom is -0.462 e. The maximum Gasteiger partial charge on any atom is 0.472 e. The monoisotopic (exact) mass is 1410 g/mol. The van der Waals surface area contributed by atoms with Crippen LogP contribution in [0.2, 0.25) is 0 Å². The molecule has 0 saturated carbocycles. The second kappa shape index (κ2) is 71.5. The van der Waals surface area contributed by atoms with E-state index in [1.165, 1.54) is 244 Å². The highest BCUT2D eigenvalue weighted by Gasteiger charge is 2.30. The lowest BCUT2D eigenvalue weighted by Crippen LogP contribution is -2.30. The summed E-state index contributed by atoms with van der Waals surface area (Å²) < 4.78 is 68.4. The van der Waals surface area contributed by atoms with Gasteiger partial charge in [-0.3, -0.25) is 37.3 Å². The Hall–Kier alpha value is -1.94. The van der Waals surface area contributed by atoms with Crippen molar-refractivity contribution in [1.82, 2.24) is 0 Å². The first-order chi connectivity index (χ1) is 46.7. The number of unbranched alkanes of at least 4 members (excludes halogenated alkanes) is 52. The zero-order valence-electron chi connectivity index (χ0n) is 62.4. The quantitative estimate of drug-likeness (QED) is 0.0222. The van der Waals surface area contributed by atoms with Gasteiger partial charge < -0.3 is 33.8 Å². The molecule has 96 heavy (non-hydrogen) atoms. The second-order valence-corrected chi connectivity index (χ2v) is 30.7. The lowest BCUT2D eigenvalue weighted by Gasteiger charge is -2.21. The zero-order chi connectivity index (χ0) is 70.4. The Morgan fingerprint density at radius 1 is 0.250 bits per heavy atom.